The number of nitrogens with one attached hydrogen (secondary N) is 1. The molecule has 0 aliphatic rings. The number of carbonyl (C=O) groups excluding carboxylic acids is 1. The summed E-state index contributed by atoms with van der Waals surface area (Å²) >= 11 is 3.32. The molecule has 5 heteroatoms. The van der Waals surface area contributed by atoms with E-state index in [2.05, 4.69) is 21.2 Å². The van der Waals surface area contributed by atoms with E-state index in [1.54, 1.807) is 13.0 Å². The molecule has 1 atom stereocenters. The fraction of sp³-hybridized carbons (Fsp3) is 0.333. The maximum absolute atomic E-state index is 11.7. The lowest BCUT2D eigenvalue weighted by Gasteiger charge is -2.12. The highest BCUT2D eigenvalue weighted by Gasteiger charge is 2.17. The van der Waals surface area contributed by atoms with Crippen molar-refractivity contribution in [2.24, 2.45) is 5.92 Å². The van der Waals surface area contributed by atoms with Gasteiger partial charge in [-0.15, -0.1) is 0 Å². The van der Waals surface area contributed by atoms with Crippen LogP contribution in [0.2, 0.25) is 0 Å². The first-order valence-corrected chi connectivity index (χ1v) is 5.98. The van der Waals surface area contributed by atoms with Crippen molar-refractivity contribution in [2.45, 2.75) is 20.3 Å². The monoisotopic (exact) mass is 299 g/mol. The number of hydrogen-bond donors (Lipinski definition) is 2. The summed E-state index contributed by atoms with van der Waals surface area (Å²) in [5.74, 6) is -1.81. The van der Waals surface area contributed by atoms with Gasteiger partial charge in [0, 0.05) is 16.1 Å². The van der Waals surface area contributed by atoms with Crippen LogP contribution in [0.1, 0.15) is 18.9 Å². The van der Waals surface area contributed by atoms with Crippen molar-refractivity contribution in [1.29, 1.82) is 0 Å². The van der Waals surface area contributed by atoms with Crippen molar-refractivity contribution in [2.75, 3.05) is 5.32 Å². The number of amides is 1. The zero-order valence-electron chi connectivity index (χ0n) is 9.66. The third kappa shape index (κ3) is 4.19. The molecule has 17 heavy (non-hydrogen) atoms. The summed E-state index contributed by atoms with van der Waals surface area (Å²) < 4.78 is 0.865. The number of benzene rings is 1. The molecular formula is C12H14BrNO3. The lowest BCUT2D eigenvalue weighted by Crippen LogP contribution is -2.23. The molecule has 0 bridgehead atoms. The SMILES string of the molecule is Cc1ccc(Br)cc1NC(=O)C(C)CC(=O)O. The number of carboxylic acid groups (broad SMARTS) is 1. The van der Waals surface area contributed by atoms with E-state index in [0.717, 1.165) is 10.0 Å². The zero-order chi connectivity index (χ0) is 13.0. The van der Waals surface area contributed by atoms with Gasteiger partial charge in [0.1, 0.15) is 0 Å². The van der Waals surface area contributed by atoms with Crippen LogP contribution in [0.3, 0.4) is 0 Å². The van der Waals surface area contributed by atoms with Crippen LogP contribution in [0.15, 0.2) is 22.7 Å². The summed E-state index contributed by atoms with van der Waals surface area (Å²) in [6.07, 6.45) is -0.168. The van der Waals surface area contributed by atoms with E-state index in [1.165, 1.54) is 0 Å². The molecule has 0 aliphatic carbocycles. The summed E-state index contributed by atoms with van der Waals surface area (Å²) in [5.41, 5.74) is 1.63. The molecule has 1 unspecified atom stereocenters. The average Bonchev–Trinajstić information content (AvgIpc) is 2.22. The van der Waals surface area contributed by atoms with Crippen molar-refractivity contribution in [3.63, 3.8) is 0 Å². The topological polar surface area (TPSA) is 66.4 Å². The number of hydrogen-bond acceptors (Lipinski definition) is 2. The molecule has 0 aliphatic heterocycles. The van der Waals surface area contributed by atoms with Crippen LogP contribution < -0.4 is 5.32 Å². The van der Waals surface area contributed by atoms with Crippen LogP contribution in [0.25, 0.3) is 0 Å². The van der Waals surface area contributed by atoms with Gasteiger partial charge in [0.2, 0.25) is 5.91 Å². The first kappa shape index (κ1) is 13.7. The van der Waals surface area contributed by atoms with Gasteiger partial charge < -0.3 is 10.4 Å². The van der Waals surface area contributed by atoms with Crippen molar-refractivity contribution < 1.29 is 14.7 Å². The van der Waals surface area contributed by atoms with E-state index in [1.807, 2.05) is 19.1 Å². The maximum Gasteiger partial charge on any atom is 0.304 e. The molecule has 0 aromatic heterocycles. The second-order valence-electron chi connectivity index (χ2n) is 3.95. The van der Waals surface area contributed by atoms with E-state index >= 15 is 0 Å². The molecule has 0 fully saturated rings. The lowest BCUT2D eigenvalue weighted by molar-refractivity contribution is -0.139. The number of aryl methyl sites for hydroxylation is 1. The van der Waals surface area contributed by atoms with E-state index in [4.69, 9.17) is 5.11 Å². The first-order valence-electron chi connectivity index (χ1n) is 5.19. The standard InChI is InChI=1S/C12H14BrNO3/c1-7-3-4-9(13)6-10(7)14-12(17)8(2)5-11(15)16/h3-4,6,8H,5H2,1-2H3,(H,14,17)(H,15,16). The van der Waals surface area contributed by atoms with Gasteiger partial charge in [0.05, 0.1) is 6.42 Å². The molecule has 1 rings (SSSR count). The predicted octanol–water partition coefficient (Wildman–Crippen LogP) is 2.81. The van der Waals surface area contributed by atoms with Crippen LogP contribution in [0.5, 0.6) is 0 Å². The van der Waals surface area contributed by atoms with Crippen molar-refractivity contribution in [3.8, 4) is 0 Å². The van der Waals surface area contributed by atoms with Gasteiger partial charge in [-0.1, -0.05) is 28.9 Å². The summed E-state index contributed by atoms with van der Waals surface area (Å²) in [6, 6.07) is 5.55. The van der Waals surface area contributed by atoms with Crippen LogP contribution in [-0.2, 0) is 9.59 Å². The Bertz CT molecular complexity index is 445. The van der Waals surface area contributed by atoms with Gasteiger partial charge in [-0.3, -0.25) is 9.59 Å². The number of aliphatic carboxylic acids is 1. The first-order chi connectivity index (χ1) is 7.90. The Morgan fingerprint density at radius 1 is 1.47 bits per heavy atom. The third-order valence-electron chi connectivity index (χ3n) is 2.39. The van der Waals surface area contributed by atoms with E-state index in [9.17, 15) is 9.59 Å². The molecular weight excluding hydrogens is 286 g/mol. The Kier molecular flexibility index (Phi) is 4.69. The van der Waals surface area contributed by atoms with Gasteiger partial charge in [-0.05, 0) is 24.6 Å². The highest BCUT2D eigenvalue weighted by Crippen LogP contribution is 2.21. The second-order valence-corrected chi connectivity index (χ2v) is 4.86. The van der Waals surface area contributed by atoms with Crippen LogP contribution >= 0.6 is 15.9 Å². The Balaban J connectivity index is 2.73. The summed E-state index contributed by atoms with van der Waals surface area (Å²) in [5, 5.41) is 11.3. The number of halogens is 1. The lowest BCUT2D eigenvalue weighted by atomic mass is 10.1. The molecule has 2 N–H and O–H groups in total. The molecule has 1 aromatic rings. The van der Waals surface area contributed by atoms with Crippen molar-refractivity contribution in [1.82, 2.24) is 0 Å². The van der Waals surface area contributed by atoms with E-state index in [0.29, 0.717) is 5.69 Å². The Morgan fingerprint density at radius 2 is 2.12 bits per heavy atom. The minimum atomic E-state index is -0.974. The van der Waals surface area contributed by atoms with E-state index in [-0.39, 0.29) is 12.3 Å². The van der Waals surface area contributed by atoms with Gasteiger partial charge in [0.15, 0.2) is 0 Å². The Labute approximate surface area is 108 Å². The van der Waals surface area contributed by atoms with Crippen LogP contribution in [-0.4, -0.2) is 17.0 Å². The molecule has 0 saturated carbocycles. The largest absolute Gasteiger partial charge is 0.481 e. The van der Waals surface area contributed by atoms with Crippen molar-refractivity contribution >= 4 is 33.5 Å². The number of carbonyl (C=O) groups is 2. The fourth-order valence-electron chi connectivity index (χ4n) is 1.34. The van der Waals surface area contributed by atoms with Gasteiger partial charge in [0.25, 0.3) is 0 Å². The summed E-state index contributed by atoms with van der Waals surface area (Å²) in [7, 11) is 0. The molecule has 1 aromatic carbocycles. The Morgan fingerprint density at radius 3 is 2.71 bits per heavy atom. The number of rotatable bonds is 4. The van der Waals surface area contributed by atoms with Crippen LogP contribution in [0, 0.1) is 12.8 Å². The quantitative estimate of drug-likeness (QED) is 0.898. The Hall–Kier alpha value is -1.36. The minimum absolute atomic E-state index is 0.168. The number of carboxylic acids is 1. The second kappa shape index (κ2) is 5.82. The highest BCUT2D eigenvalue weighted by atomic mass is 79.9. The normalized spacial score (nSPS) is 11.9. The molecule has 92 valence electrons. The van der Waals surface area contributed by atoms with Crippen LogP contribution in [0.4, 0.5) is 5.69 Å². The zero-order valence-corrected chi connectivity index (χ0v) is 11.2. The minimum Gasteiger partial charge on any atom is -0.481 e. The molecule has 4 nitrogen and oxygen atoms in total. The third-order valence-corrected chi connectivity index (χ3v) is 2.88. The molecule has 0 saturated heterocycles. The maximum atomic E-state index is 11.7. The average molecular weight is 300 g/mol. The smallest absolute Gasteiger partial charge is 0.304 e. The van der Waals surface area contributed by atoms with Gasteiger partial charge in [-0.2, -0.15) is 0 Å². The van der Waals surface area contributed by atoms with E-state index < -0.39 is 11.9 Å². The van der Waals surface area contributed by atoms with Gasteiger partial charge >= 0.3 is 5.97 Å². The predicted molar refractivity (Wildman–Crippen MR) is 68.9 cm³/mol. The number of anilines is 1. The summed E-state index contributed by atoms with van der Waals surface area (Å²) in [6.45, 7) is 3.47. The van der Waals surface area contributed by atoms with Crippen molar-refractivity contribution in [3.05, 3.63) is 28.2 Å². The fourth-order valence-corrected chi connectivity index (χ4v) is 1.70. The molecule has 1 amide bonds. The molecule has 0 spiro atoms. The summed E-state index contributed by atoms with van der Waals surface area (Å²) in [4.78, 5) is 22.2. The molecule has 0 heterocycles. The molecule has 0 radical (unpaired) electrons. The highest BCUT2D eigenvalue weighted by molar-refractivity contribution is 9.10. The van der Waals surface area contributed by atoms with Gasteiger partial charge in [-0.25, -0.2) is 0 Å².